The number of alkyl halides is 3. The summed E-state index contributed by atoms with van der Waals surface area (Å²) < 4.78 is 45.1. The topological polar surface area (TPSA) is 77.0 Å². The highest BCUT2D eigenvalue weighted by atomic mass is 19.4. The standard InChI is InChI=1S/C14H19F3N4O2/c1-9(2)6-11-18-12(23-20-11)8-21-7-10(4-3-5-22)13(19-21)14(15,16)17/h7,9,22H,3-6,8H2,1-2H3. The number of halogens is 3. The van der Waals surface area contributed by atoms with E-state index in [9.17, 15) is 13.2 Å². The zero-order chi connectivity index (χ0) is 17.0. The molecular weight excluding hydrogens is 313 g/mol. The molecule has 128 valence electrons. The largest absolute Gasteiger partial charge is 0.435 e. The van der Waals surface area contributed by atoms with Crippen LogP contribution in [0.3, 0.4) is 0 Å². The maximum absolute atomic E-state index is 13.0. The molecule has 9 heteroatoms. The number of hydrogen-bond acceptors (Lipinski definition) is 5. The fraction of sp³-hybridized carbons (Fsp3) is 0.643. The molecule has 0 saturated carbocycles. The van der Waals surface area contributed by atoms with Gasteiger partial charge in [0.25, 0.3) is 0 Å². The van der Waals surface area contributed by atoms with Gasteiger partial charge in [0.05, 0.1) is 0 Å². The smallest absolute Gasteiger partial charge is 0.396 e. The van der Waals surface area contributed by atoms with E-state index in [-0.39, 0.29) is 37.4 Å². The first-order valence-corrected chi connectivity index (χ1v) is 7.35. The lowest BCUT2D eigenvalue weighted by molar-refractivity contribution is -0.142. The van der Waals surface area contributed by atoms with Gasteiger partial charge in [-0.1, -0.05) is 19.0 Å². The van der Waals surface area contributed by atoms with Crippen molar-refractivity contribution >= 4 is 0 Å². The molecule has 23 heavy (non-hydrogen) atoms. The van der Waals surface area contributed by atoms with Crippen molar-refractivity contribution in [2.75, 3.05) is 6.61 Å². The Labute approximate surface area is 131 Å². The van der Waals surface area contributed by atoms with Crippen LogP contribution < -0.4 is 0 Å². The predicted octanol–water partition coefficient (Wildman–Crippen LogP) is 2.46. The lowest BCUT2D eigenvalue weighted by Gasteiger charge is -2.04. The van der Waals surface area contributed by atoms with Gasteiger partial charge in [0.15, 0.2) is 11.5 Å². The highest BCUT2D eigenvalue weighted by molar-refractivity contribution is 5.20. The Kier molecular flexibility index (Phi) is 5.40. The first-order chi connectivity index (χ1) is 10.8. The van der Waals surface area contributed by atoms with Crippen molar-refractivity contribution in [2.45, 2.75) is 45.8 Å². The minimum absolute atomic E-state index is 0.0205. The van der Waals surface area contributed by atoms with Crippen molar-refractivity contribution in [3.63, 3.8) is 0 Å². The van der Waals surface area contributed by atoms with E-state index in [1.165, 1.54) is 6.20 Å². The molecule has 0 bridgehead atoms. The van der Waals surface area contributed by atoms with E-state index >= 15 is 0 Å². The number of aliphatic hydroxyl groups is 1. The normalized spacial score (nSPS) is 12.3. The van der Waals surface area contributed by atoms with Crippen LogP contribution in [-0.4, -0.2) is 31.6 Å². The van der Waals surface area contributed by atoms with E-state index in [2.05, 4.69) is 15.2 Å². The summed E-state index contributed by atoms with van der Waals surface area (Å²) in [6.07, 6.45) is -2.24. The molecule has 0 spiro atoms. The maximum atomic E-state index is 13.0. The van der Waals surface area contributed by atoms with Crippen LogP contribution in [0.15, 0.2) is 10.7 Å². The van der Waals surface area contributed by atoms with E-state index in [0.717, 1.165) is 4.68 Å². The molecule has 0 fully saturated rings. The summed E-state index contributed by atoms with van der Waals surface area (Å²) in [5.41, 5.74) is -0.888. The Morgan fingerprint density at radius 2 is 2.09 bits per heavy atom. The van der Waals surface area contributed by atoms with Gasteiger partial charge in [0.2, 0.25) is 5.89 Å². The van der Waals surface area contributed by atoms with Gasteiger partial charge >= 0.3 is 6.18 Å². The molecule has 0 radical (unpaired) electrons. The summed E-state index contributed by atoms with van der Waals surface area (Å²) in [6.45, 7) is 3.82. The molecule has 2 heterocycles. The van der Waals surface area contributed by atoms with Crippen LogP contribution in [-0.2, 0) is 25.6 Å². The molecule has 0 aliphatic carbocycles. The van der Waals surface area contributed by atoms with Gasteiger partial charge in [0, 0.05) is 24.8 Å². The van der Waals surface area contributed by atoms with Gasteiger partial charge < -0.3 is 9.63 Å². The number of aliphatic hydroxyl groups excluding tert-OH is 1. The van der Waals surface area contributed by atoms with Crippen LogP contribution in [0.1, 0.15) is 43.2 Å². The van der Waals surface area contributed by atoms with Gasteiger partial charge in [-0.25, -0.2) is 0 Å². The van der Waals surface area contributed by atoms with E-state index in [0.29, 0.717) is 18.2 Å². The zero-order valence-corrected chi connectivity index (χ0v) is 13.0. The average molecular weight is 332 g/mol. The highest BCUT2D eigenvalue weighted by Gasteiger charge is 2.37. The number of aryl methyl sites for hydroxylation is 1. The Balaban J connectivity index is 2.16. The Hall–Kier alpha value is -1.90. The second kappa shape index (κ2) is 7.12. The first-order valence-electron chi connectivity index (χ1n) is 7.35. The summed E-state index contributed by atoms with van der Waals surface area (Å²) in [5.74, 6) is 1.09. The van der Waals surface area contributed by atoms with Crippen LogP contribution in [0, 0.1) is 5.92 Å². The van der Waals surface area contributed by atoms with Crippen molar-refractivity contribution in [3.05, 3.63) is 29.2 Å². The summed E-state index contributed by atoms with van der Waals surface area (Å²) in [5, 5.41) is 16.2. The summed E-state index contributed by atoms with van der Waals surface area (Å²) in [7, 11) is 0. The van der Waals surface area contributed by atoms with Crippen LogP contribution in [0.5, 0.6) is 0 Å². The molecule has 0 aromatic carbocycles. The van der Waals surface area contributed by atoms with Crippen molar-refractivity contribution in [3.8, 4) is 0 Å². The summed E-state index contributed by atoms with van der Waals surface area (Å²) >= 11 is 0. The predicted molar refractivity (Wildman–Crippen MR) is 74.6 cm³/mol. The van der Waals surface area contributed by atoms with E-state index < -0.39 is 11.9 Å². The minimum atomic E-state index is -4.53. The van der Waals surface area contributed by atoms with Gasteiger partial charge in [-0.15, -0.1) is 0 Å². The van der Waals surface area contributed by atoms with Crippen molar-refractivity contribution in [2.24, 2.45) is 5.92 Å². The quantitative estimate of drug-likeness (QED) is 0.843. The minimum Gasteiger partial charge on any atom is -0.396 e. The molecule has 2 aromatic rings. The molecule has 0 amide bonds. The van der Waals surface area contributed by atoms with Crippen LogP contribution in [0.2, 0.25) is 0 Å². The third-order valence-electron chi connectivity index (χ3n) is 3.11. The summed E-state index contributed by atoms with van der Waals surface area (Å²) in [4.78, 5) is 4.15. The Morgan fingerprint density at radius 3 is 2.70 bits per heavy atom. The molecule has 0 unspecified atom stereocenters. The van der Waals surface area contributed by atoms with E-state index in [1.54, 1.807) is 0 Å². The molecule has 1 N–H and O–H groups in total. The van der Waals surface area contributed by atoms with Gasteiger partial charge in [-0.05, 0) is 18.8 Å². The number of hydrogen-bond donors (Lipinski definition) is 1. The van der Waals surface area contributed by atoms with Gasteiger partial charge in [0.1, 0.15) is 6.54 Å². The van der Waals surface area contributed by atoms with Crippen LogP contribution >= 0.6 is 0 Å². The molecule has 0 aliphatic rings. The molecule has 2 aromatic heterocycles. The first kappa shape index (κ1) is 17.5. The monoisotopic (exact) mass is 332 g/mol. The second-order valence-electron chi connectivity index (χ2n) is 5.73. The summed E-state index contributed by atoms with van der Waals surface area (Å²) in [6, 6.07) is 0. The Bertz CT molecular complexity index is 634. The van der Waals surface area contributed by atoms with E-state index in [1.807, 2.05) is 13.8 Å². The lowest BCUT2D eigenvalue weighted by Crippen LogP contribution is -2.10. The third kappa shape index (κ3) is 4.78. The Morgan fingerprint density at radius 1 is 1.35 bits per heavy atom. The number of nitrogens with zero attached hydrogens (tertiary/aromatic N) is 4. The molecule has 0 atom stereocenters. The molecular formula is C14H19F3N4O2. The van der Waals surface area contributed by atoms with Crippen LogP contribution in [0.4, 0.5) is 13.2 Å². The molecule has 6 nitrogen and oxygen atoms in total. The fourth-order valence-corrected chi connectivity index (χ4v) is 2.18. The van der Waals surface area contributed by atoms with Crippen molar-refractivity contribution in [1.82, 2.24) is 19.9 Å². The van der Waals surface area contributed by atoms with Gasteiger partial charge in [-0.3, -0.25) is 4.68 Å². The number of rotatable bonds is 7. The fourth-order valence-electron chi connectivity index (χ4n) is 2.18. The molecule has 0 aliphatic heterocycles. The van der Waals surface area contributed by atoms with Crippen molar-refractivity contribution < 1.29 is 22.8 Å². The second-order valence-corrected chi connectivity index (χ2v) is 5.73. The van der Waals surface area contributed by atoms with Gasteiger partial charge in [-0.2, -0.15) is 23.3 Å². The molecule has 2 rings (SSSR count). The van der Waals surface area contributed by atoms with E-state index in [4.69, 9.17) is 9.63 Å². The highest BCUT2D eigenvalue weighted by Crippen LogP contribution is 2.31. The zero-order valence-electron chi connectivity index (χ0n) is 13.0. The third-order valence-corrected chi connectivity index (χ3v) is 3.11. The SMILES string of the molecule is CC(C)Cc1noc(Cn2cc(CCCO)c(C(F)(F)F)n2)n1. The average Bonchev–Trinajstić information content (AvgIpc) is 3.02. The van der Waals surface area contributed by atoms with Crippen LogP contribution in [0.25, 0.3) is 0 Å². The lowest BCUT2D eigenvalue weighted by atomic mass is 10.1. The van der Waals surface area contributed by atoms with Crippen molar-refractivity contribution in [1.29, 1.82) is 0 Å². The maximum Gasteiger partial charge on any atom is 0.435 e. The molecule has 0 saturated heterocycles. The number of aromatic nitrogens is 4.